The van der Waals surface area contributed by atoms with Crippen LogP contribution in [0, 0.1) is 0 Å². The zero-order chi connectivity index (χ0) is 13.0. The Morgan fingerprint density at radius 3 is 2.61 bits per heavy atom. The van der Waals surface area contributed by atoms with Crippen LogP contribution in [0.2, 0.25) is 0 Å². The topological polar surface area (TPSA) is 45.4 Å². The van der Waals surface area contributed by atoms with Crippen molar-refractivity contribution < 1.29 is 9.52 Å². The van der Waals surface area contributed by atoms with Gasteiger partial charge >= 0.3 is 0 Å². The Hall–Kier alpha value is -1.10. The summed E-state index contributed by atoms with van der Waals surface area (Å²) in [5.41, 5.74) is 1.19. The highest BCUT2D eigenvalue weighted by Crippen LogP contribution is 2.18. The van der Waals surface area contributed by atoms with Crippen LogP contribution in [-0.2, 0) is 0 Å². The fourth-order valence-corrected chi connectivity index (χ4v) is 2.00. The lowest BCUT2D eigenvalue weighted by Crippen LogP contribution is -2.24. The number of halogens is 1. The van der Waals surface area contributed by atoms with E-state index in [1.54, 1.807) is 18.4 Å². The summed E-state index contributed by atoms with van der Waals surface area (Å²) in [7, 11) is 0. The Kier molecular flexibility index (Phi) is 4.58. The van der Waals surface area contributed by atoms with Crippen LogP contribution >= 0.6 is 15.9 Å². The number of nitrogens with one attached hydrogen (secondary N) is 1. The molecule has 2 atom stereocenters. The molecule has 0 amide bonds. The summed E-state index contributed by atoms with van der Waals surface area (Å²) >= 11 is 3.41. The third-order valence-corrected chi connectivity index (χ3v) is 3.39. The maximum Gasteiger partial charge on any atom is 0.133 e. The van der Waals surface area contributed by atoms with Crippen LogP contribution in [-0.4, -0.2) is 11.7 Å². The molecular formula is C14H16BrNO2. The summed E-state index contributed by atoms with van der Waals surface area (Å²) in [6.45, 7) is 2.53. The first kappa shape index (κ1) is 13.3. The molecule has 18 heavy (non-hydrogen) atoms. The van der Waals surface area contributed by atoms with E-state index < -0.39 is 6.10 Å². The number of furan rings is 1. The van der Waals surface area contributed by atoms with E-state index in [-0.39, 0.29) is 6.04 Å². The molecule has 1 aromatic heterocycles. The minimum absolute atomic E-state index is 0.183. The maximum atomic E-state index is 9.89. The van der Waals surface area contributed by atoms with E-state index in [2.05, 4.69) is 40.3 Å². The van der Waals surface area contributed by atoms with E-state index in [4.69, 9.17) is 4.42 Å². The average molecular weight is 310 g/mol. The van der Waals surface area contributed by atoms with Crippen molar-refractivity contribution in [2.24, 2.45) is 0 Å². The van der Waals surface area contributed by atoms with Gasteiger partial charge in [-0.05, 0) is 36.8 Å². The van der Waals surface area contributed by atoms with Crippen molar-refractivity contribution in [1.82, 2.24) is 5.32 Å². The third kappa shape index (κ3) is 3.45. The molecule has 1 heterocycles. The van der Waals surface area contributed by atoms with E-state index >= 15 is 0 Å². The molecule has 1 unspecified atom stereocenters. The molecule has 2 N–H and O–H groups in total. The van der Waals surface area contributed by atoms with Crippen molar-refractivity contribution >= 4 is 15.9 Å². The van der Waals surface area contributed by atoms with E-state index in [0.717, 1.165) is 4.47 Å². The van der Waals surface area contributed by atoms with E-state index in [9.17, 15) is 5.11 Å². The first-order valence-corrected chi connectivity index (χ1v) is 6.66. The second-order valence-electron chi connectivity index (χ2n) is 4.21. The van der Waals surface area contributed by atoms with Gasteiger partial charge in [0.05, 0.1) is 6.26 Å². The highest BCUT2D eigenvalue weighted by molar-refractivity contribution is 9.10. The Bertz CT molecular complexity index is 467. The molecule has 0 aliphatic rings. The van der Waals surface area contributed by atoms with Crippen molar-refractivity contribution in [1.29, 1.82) is 0 Å². The van der Waals surface area contributed by atoms with Crippen LogP contribution in [0.4, 0.5) is 0 Å². The number of hydrogen-bond acceptors (Lipinski definition) is 3. The predicted octanol–water partition coefficient (Wildman–Crippen LogP) is 3.43. The van der Waals surface area contributed by atoms with Crippen LogP contribution in [0.3, 0.4) is 0 Å². The maximum absolute atomic E-state index is 9.89. The van der Waals surface area contributed by atoms with E-state index in [1.165, 1.54) is 5.56 Å². The molecule has 0 spiro atoms. The molecule has 3 nitrogen and oxygen atoms in total. The first-order valence-electron chi connectivity index (χ1n) is 5.87. The average Bonchev–Trinajstić information content (AvgIpc) is 2.90. The van der Waals surface area contributed by atoms with Gasteiger partial charge in [0.2, 0.25) is 0 Å². The Labute approximate surface area is 115 Å². The molecule has 1 aromatic carbocycles. The van der Waals surface area contributed by atoms with Crippen LogP contribution in [0.25, 0.3) is 0 Å². The minimum atomic E-state index is -0.613. The summed E-state index contributed by atoms with van der Waals surface area (Å²) in [4.78, 5) is 0. The van der Waals surface area contributed by atoms with Gasteiger partial charge in [0.25, 0.3) is 0 Å². The van der Waals surface area contributed by atoms with Crippen LogP contribution < -0.4 is 5.32 Å². The minimum Gasteiger partial charge on any atom is -0.467 e. The third-order valence-electron chi connectivity index (χ3n) is 2.86. The van der Waals surface area contributed by atoms with E-state index in [0.29, 0.717) is 12.3 Å². The van der Waals surface area contributed by atoms with Gasteiger partial charge in [0.1, 0.15) is 11.9 Å². The molecule has 2 aromatic rings. The van der Waals surface area contributed by atoms with Crippen molar-refractivity contribution in [2.45, 2.75) is 19.1 Å². The zero-order valence-electron chi connectivity index (χ0n) is 10.1. The van der Waals surface area contributed by atoms with E-state index in [1.807, 2.05) is 12.1 Å². The van der Waals surface area contributed by atoms with Crippen molar-refractivity contribution in [3.63, 3.8) is 0 Å². The SMILES string of the molecule is C[C@@H](NCC(O)c1ccco1)c1ccc(Br)cc1. The van der Waals surface area contributed by atoms with Crippen LogP contribution in [0.15, 0.2) is 51.6 Å². The summed E-state index contributed by atoms with van der Waals surface area (Å²) in [6.07, 6.45) is 0.953. The van der Waals surface area contributed by atoms with Gasteiger partial charge in [0, 0.05) is 17.1 Å². The molecule has 96 valence electrons. The summed E-state index contributed by atoms with van der Waals surface area (Å²) < 4.78 is 6.22. The summed E-state index contributed by atoms with van der Waals surface area (Å²) in [6, 6.07) is 11.9. The molecule has 0 fully saturated rings. The molecule has 0 saturated heterocycles. The Balaban J connectivity index is 1.88. The van der Waals surface area contributed by atoms with Gasteiger partial charge in [-0.15, -0.1) is 0 Å². The number of benzene rings is 1. The lowest BCUT2D eigenvalue weighted by molar-refractivity contribution is 0.144. The summed E-state index contributed by atoms with van der Waals surface area (Å²) in [5.74, 6) is 0.588. The standard InChI is InChI=1S/C14H16BrNO2/c1-10(11-4-6-12(15)7-5-11)16-9-13(17)14-3-2-8-18-14/h2-8,10,13,16-17H,9H2,1H3/t10-,13?/m1/s1. The van der Waals surface area contributed by atoms with Crippen LogP contribution in [0.1, 0.15) is 30.4 Å². The largest absolute Gasteiger partial charge is 0.467 e. The molecule has 0 bridgehead atoms. The number of aliphatic hydroxyl groups excluding tert-OH is 1. The predicted molar refractivity (Wildman–Crippen MR) is 74.2 cm³/mol. The van der Waals surface area contributed by atoms with Gasteiger partial charge in [0.15, 0.2) is 0 Å². The molecule has 0 saturated carbocycles. The fourth-order valence-electron chi connectivity index (χ4n) is 1.74. The van der Waals surface area contributed by atoms with Gasteiger partial charge in [-0.3, -0.25) is 0 Å². The molecule has 2 rings (SSSR count). The molecule has 0 radical (unpaired) electrons. The van der Waals surface area contributed by atoms with Crippen molar-refractivity contribution in [3.05, 3.63) is 58.5 Å². The van der Waals surface area contributed by atoms with Gasteiger partial charge < -0.3 is 14.8 Å². The first-order chi connectivity index (χ1) is 8.66. The van der Waals surface area contributed by atoms with Gasteiger partial charge in [-0.25, -0.2) is 0 Å². The van der Waals surface area contributed by atoms with Crippen molar-refractivity contribution in [2.75, 3.05) is 6.54 Å². The van der Waals surface area contributed by atoms with Gasteiger partial charge in [-0.1, -0.05) is 28.1 Å². The van der Waals surface area contributed by atoms with Crippen molar-refractivity contribution in [3.8, 4) is 0 Å². The monoisotopic (exact) mass is 309 g/mol. The van der Waals surface area contributed by atoms with Gasteiger partial charge in [-0.2, -0.15) is 0 Å². The second kappa shape index (κ2) is 6.18. The fraction of sp³-hybridized carbons (Fsp3) is 0.286. The highest BCUT2D eigenvalue weighted by Gasteiger charge is 2.12. The Morgan fingerprint density at radius 2 is 2.00 bits per heavy atom. The quantitative estimate of drug-likeness (QED) is 0.889. The molecule has 0 aliphatic heterocycles. The zero-order valence-corrected chi connectivity index (χ0v) is 11.7. The molecule has 4 heteroatoms. The van der Waals surface area contributed by atoms with Crippen LogP contribution in [0.5, 0.6) is 0 Å². The lowest BCUT2D eigenvalue weighted by atomic mass is 10.1. The smallest absolute Gasteiger partial charge is 0.133 e. The second-order valence-corrected chi connectivity index (χ2v) is 5.13. The number of hydrogen-bond donors (Lipinski definition) is 2. The number of rotatable bonds is 5. The summed E-state index contributed by atoms with van der Waals surface area (Å²) in [5, 5.41) is 13.2. The normalized spacial score (nSPS) is 14.4. The Morgan fingerprint density at radius 1 is 1.28 bits per heavy atom. The lowest BCUT2D eigenvalue weighted by Gasteiger charge is -2.16. The highest BCUT2D eigenvalue weighted by atomic mass is 79.9. The number of aliphatic hydroxyl groups is 1. The molecule has 0 aliphatic carbocycles. The molecular weight excluding hydrogens is 294 g/mol.